The summed E-state index contributed by atoms with van der Waals surface area (Å²) in [5.74, 6) is -1.64. The number of nitrogens with zero attached hydrogens (tertiary/aromatic N) is 1. The molecule has 1 aromatic carbocycles. The normalized spacial score (nSPS) is 24.5. The Morgan fingerprint density at radius 1 is 1.43 bits per heavy atom. The van der Waals surface area contributed by atoms with Gasteiger partial charge in [-0.25, -0.2) is 12.8 Å². The molecule has 6 nitrogen and oxygen atoms in total. The Morgan fingerprint density at radius 2 is 2.14 bits per heavy atom. The molecule has 2 unspecified atom stereocenters. The molecule has 0 bridgehead atoms. The molecule has 0 spiro atoms. The number of halogens is 1. The van der Waals surface area contributed by atoms with Crippen molar-refractivity contribution < 1.29 is 22.7 Å². The van der Waals surface area contributed by atoms with Crippen molar-refractivity contribution in [2.45, 2.75) is 29.9 Å². The maximum Gasteiger partial charge on any atom is 0.243 e. The third-order valence-electron chi connectivity index (χ3n) is 3.32. The zero-order chi connectivity index (χ0) is 15.6. The Morgan fingerprint density at radius 3 is 2.76 bits per heavy atom. The second kappa shape index (κ2) is 6.08. The van der Waals surface area contributed by atoms with Crippen molar-refractivity contribution in [3.63, 3.8) is 0 Å². The van der Waals surface area contributed by atoms with E-state index in [1.807, 2.05) is 0 Å². The Bertz CT molecular complexity index is 635. The highest BCUT2D eigenvalue weighted by atomic mass is 32.2. The Kier molecular flexibility index (Phi) is 4.60. The van der Waals surface area contributed by atoms with Gasteiger partial charge in [0.15, 0.2) is 0 Å². The summed E-state index contributed by atoms with van der Waals surface area (Å²) in [5.41, 5.74) is 5.22. The number of hydrogen-bond donors (Lipinski definition) is 2. The second-order valence-electron chi connectivity index (χ2n) is 4.79. The van der Waals surface area contributed by atoms with E-state index in [1.165, 1.54) is 18.6 Å². The summed E-state index contributed by atoms with van der Waals surface area (Å²) in [6, 6.07) is 3.10. The quantitative estimate of drug-likeness (QED) is 0.821. The second-order valence-corrected chi connectivity index (χ2v) is 6.68. The highest BCUT2D eigenvalue weighted by Gasteiger charge is 2.40. The van der Waals surface area contributed by atoms with E-state index >= 15 is 0 Å². The van der Waals surface area contributed by atoms with Crippen LogP contribution in [0.5, 0.6) is 0 Å². The standard InChI is InChI=1S/C13H16FN2O4S/c14-9-4-3-5-10(8-9)21(19,20)16-7-2-1-6-11(17)12(16)13(15)18/h3-6,8,11-12,17H,1-2,7H2,(H2,15,18). The van der Waals surface area contributed by atoms with Crippen molar-refractivity contribution in [3.8, 4) is 0 Å². The van der Waals surface area contributed by atoms with E-state index in [0.29, 0.717) is 12.8 Å². The average Bonchev–Trinajstić information content (AvgIpc) is 2.60. The van der Waals surface area contributed by atoms with Crippen LogP contribution in [-0.2, 0) is 14.8 Å². The van der Waals surface area contributed by atoms with Crippen molar-refractivity contribution in [1.29, 1.82) is 0 Å². The lowest BCUT2D eigenvalue weighted by Crippen LogP contribution is -2.53. The molecule has 1 radical (unpaired) electrons. The molecular weight excluding hydrogens is 299 g/mol. The van der Waals surface area contributed by atoms with Gasteiger partial charge < -0.3 is 10.8 Å². The maximum absolute atomic E-state index is 13.2. The molecule has 1 saturated heterocycles. The molecule has 8 heteroatoms. The molecule has 1 aliphatic rings. The predicted octanol–water partition coefficient (Wildman–Crippen LogP) is 0.0293. The number of rotatable bonds is 3. The van der Waals surface area contributed by atoms with Gasteiger partial charge in [0.2, 0.25) is 15.9 Å². The Hall–Kier alpha value is -1.51. The highest BCUT2D eigenvalue weighted by molar-refractivity contribution is 7.89. The number of primary amides is 1. The number of aliphatic hydroxyl groups excluding tert-OH is 1. The number of nitrogens with two attached hydrogens (primary N) is 1. The fraction of sp³-hybridized carbons (Fsp3) is 0.385. The van der Waals surface area contributed by atoms with Crippen LogP contribution in [0.25, 0.3) is 0 Å². The molecule has 21 heavy (non-hydrogen) atoms. The molecular formula is C13H16FN2O4S. The third kappa shape index (κ3) is 3.22. The first-order valence-electron chi connectivity index (χ1n) is 6.42. The molecule has 115 valence electrons. The first-order chi connectivity index (χ1) is 9.84. The van der Waals surface area contributed by atoms with Crippen molar-refractivity contribution in [3.05, 3.63) is 36.5 Å². The number of carbonyl (C=O) groups is 1. The van der Waals surface area contributed by atoms with Crippen molar-refractivity contribution >= 4 is 15.9 Å². The van der Waals surface area contributed by atoms with Gasteiger partial charge in [-0.2, -0.15) is 4.31 Å². The molecule has 2 atom stereocenters. The van der Waals surface area contributed by atoms with Crippen LogP contribution in [0, 0.1) is 12.2 Å². The van der Waals surface area contributed by atoms with Gasteiger partial charge in [-0.15, -0.1) is 0 Å². The SMILES string of the molecule is NC(=O)C1C(O)[CH]CCCN1S(=O)(=O)c1cccc(F)c1. The van der Waals surface area contributed by atoms with Gasteiger partial charge in [-0.05, 0) is 37.5 Å². The first-order valence-corrected chi connectivity index (χ1v) is 7.86. The highest BCUT2D eigenvalue weighted by Crippen LogP contribution is 2.25. The van der Waals surface area contributed by atoms with Gasteiger partial charge in [0, 0.05) is 6.54 Å². The number of benzene rings is 1. The van der Waals surface area contributed by atoms with E-state index in [9.17, 15) is 22.7 Å². The van der Waals surface area contributed by atoms with Crippen LogP contribution >= 0.6 is 0 Å². The van der Waals surface area contributed by atoms with E-state index in [0.717, 1.165) is 16.4 Å². The lowest BCUT2D eigenvalue weighted by molar-refractivity contribution is -0.124. The van der Waals surface area contributed by atoms with Gasteiger partial charge in [0.25, 0.3) is 0 Å². The van der Waals surface area contributed by atoms with Gasteiger partial charge >= 0.3 is 0 Å². The van der Waals surface area contributed by atoms with Crippen LogP contribution < -0.4 is 5.73 Å². The van der Waals surface area contributed by atoms with E-state index in [4.69, 9.17) is 5.73 Å². The minimum Gasteiger partial charge on any atom is -0.391 e. The summed E-state index contributed by atoms with van der Waals surface area (Å²) in [6.07, 6.45) is 1.07. The fourth-order valence-corrected chi connectivity index (χ4v) is 4.00. The molecule has 0 aliphatic carbocycles. The monoisotopic (exact) mass is 315 g/mol. The van der Waals surface area contributed by atoms with Crippen molar-refractivity contribution in [1.82, 2.24) is 4.31 Å². The van der Waals surface area contributed by atoms with Crippen molar-refractivity contribution in [2.24, 2.45) is 5.73 Å². The minimum absolute atomic E-state index is 0.0278. The van der Waals surface area contributed by atoms with Gasteiger partial charge in [-0.1, -0.05) is 6.07 Å². The maximum atomic E-state index is 13.2. The molecule has 0 aromatic heterocycles. The van der Waals surface area contributed by atoms with Gasteiger partial charge in [0.1, 0.15) is 11.9 Å². The topological polar surface area (TPSA) is 101 Å². The number of carbonyl (C=O) groups excluding carboxylic acids is 1. The lowest BCUT2D eigenvalue weighted by Gasteiger charge is -2.29. The lowest BCUT2D eigenvalue weighted by atomic mass is 10.1. The number of amides is 1. The van der Waals surface area contributed by atoms with Gasteiger partial charge in [-0.3, -0.25) is 4.79 Å². The third-order valence-corrected chi connectivity index (χ3v) is 5.20. The summed E-state index contributed by atoms with van der Waals surface area (Å²) in [6.45, 7) is 0.0278. The molecule has 1 aromatic rings. The van der Waals surface area contributed by atoms with Crippen LogP contribution in [0.1, 0.15) is 12.8 Å². The van der Waals surface area contributed by atoms with Crippen LogP contribution in [-0.4, -0.2) is 42.4 Å². The largest absolute Gasteiger partial charge is 0.391 e. The molecule has 0 saturated carbocycles. The van der Waals surface area contributed by atoms with Crippen molar-refractivity contribution in [2.75, 3.05) is 6.54 Å². The molecule has 2 rings (SSSR count). The molecule has 1 aliphatic heterocycles. The van der Waals surface area contributed by atoms with E-state index in [2.05, 4.69) is 0 Å². The zero-order valence-electron chi connectivity index (χ0n) is 11.1. The molecule has 1 fully saturated rings. The van der Waals surface area contributed by atoms with Crippen LogP contribution in [0.3, 0.4) is 0 Å². The van der Waals surface area contributed by atoms with E-state index in [1.54, 1.807) is 0 Å². The van der Waals surface area contributed by atoms with Crippen LogP contribution in [0.4, 0.5) is 4.39 Å². The van der Waals surface area contributed by atoms with E-state index in [-0.39, 0.29) is 11.4 Å². The predicted molar refractivity (Wildman–Crippen MR) is 72.8 cm³/mol. The molecule has 3 N–H and O–H groups in total. The summed E-state index contributed by atoms with van der Waals surface area (Å²) in [5, 5.41) is 9.92. The summed E-state index contributed by atoms with van der Waals surface area (Å²) >= 11 is 0. The smallest absolute Gasteiger partial charge is 0.243 e. The minimum atomic E-state index is -4.12. The number of aliphatic hydroxyl groups is 1. The summed E-state index contributed by atoms with van der Waals surface area (Å²) < 4.78 is 39.3. The van der Waals surface area contributed by atoms with Crippen LogP contribution in [0.15, 0.2) is 29.2 Å². The number of hydrogen-bond acceptors (Lipinski definition) is 4. The number of sulfonamides is 1. The molecule has 1 amide bonds. The summed E-state index contributed by atoms with van der Waals surface area (Å²) in [4.78, 5) is 11.3. The Labute approximate surface area is 122 Å². The average molecular weight is 315 g/mol. The fourth-order valence-electron chi connectivity index (χ4n) is 2.32. The van der Waals surface area contributed by atoms with Crippen LogP contribution in [0.2, 0.25) is 0 Å². The summed E-state index contributed by atoms with van der Waals surface area (Å²) in [7, 11) is -4.12. The first kappa shape index (κ1) is 15.9. The van der Waals surface area contributed by atoms with E-state index < -0.39 is 33.9 Å². The van der Waals surface area contributed by atoms with Gasteiger partial charge in [0.05, 0.1) is 11.0 Å². The zero-order valence-corrected chi connectivity index (χ0v) is 12.0. The Balaban J connectivity index is 2.47. The molecule has 1 heterocycles.